The van der Waals surface area contributed by atoms with Crippen molar-refractivity contribution >= 4 is 5.91 Å². The summed E-state index contributed by atoms with van der Waals surface area (Å²) < 4.78 is 16.7. The highest BCUT2D eigenvalue weighted by molar-refractivity contribution is 5.94. The highest BCUT2D eigenvalue weighted by atomic mass is 16.5. The maximum atomic E-state index is 12.5. The molecule has 0 saturated carbocycles. The van der Waals surface area contributed by atoms with E-state index in [0.717, 1.165) is 11.5 Å². The number of methoxy groups -OCH3 is 1. The molecule has 1 atom stereocenters. The van der Waals surface area contributed by atoms with Gasteiger partial charge in [-0.05, 0) is 24.3 Å². The van der Waals surface area contributed by atoms with E-state index in [1.165, 1.54) is 0 Å². The molecule has 1 saturated heterocycles. The van der Waals surface area contributed by atoms with E-state index in [2.05, 4.69) is 0 Å². The minimum absolute atomic E-state index is 0.0327. The number of hydrogen-bond donors (Lipinski definition) is 0. The third-order valence-electron chi connectivity index (χ3n) is 3.92. The number of nitrogens with zero attached hydrogens (tertiary/aromatic N) is 1. The summed E-state index contributed by atoms with van der Waals surface area (Å²) in [6, 6.07) is 16.8. The van der Waals surface area contributed by atoms with Crippen LogP contribution < -0.4 is 9.47 Å². The minimum atomic E-state index is -0.141. The first-order valence-corrected chi connectivity index (χ1v) is 7.99. The van der Waals surface area contributed by atoms with Crippen LogP contribution in [0.2, 0.25) is 0 Å². The van der Waals surface area contributed by atoms with Gasteiger partial charge in [-0.15, -0.1) is 0 Å². The molecule has 126 valence electrons. The molecule has 1 aliphatic rings. The molecular weight excluding hydrogens is 306 g/mol. The average Bonchev–Trinajstić information content (AvgIpc) is 2.67. The molecule has 24 heavy (non-hydrogen) atoms. The van der Waals surface area contributed by atoms with Crippen LogP contribution in [0.3, 0.4) is 0 Å². The summed E-state index contributed by atoms with van der Waals surface area (Å²) in [5, 5.41) is 0. The lowest BCUT2D eigenvalue weighted by Crippen LogP contribution is -2.47. The Bertz CT molecular complexity index is 674. The van der Waals surface area contributed by atoms with Crippen LogP contribution in [0.1, 0.15) is 10.4 Å². The van der Waals surface area contributed by atoms with E-state index < -0.39 is 0 Å². The molecule has 0 spiro atoms. The second-order valence-electron chi connectivity index (χ2n) is 5.60. The van der Waals surface area contributed by atoms with Crippen LogP contribution in [0.4, 0.5) is 0 Å². The highest BCUT2D eigenvalue weighted by Crippen LogP contribution is 2.20. The molecule has 1 amide bonds. The van der Waals surface area contributed by atoms with Gasteiger partial charge in [0.2, 0.25) is 0 Å². The number of ether oxygens (including phenoxy) is 3. The van der Waals surface area contributed by atoms with Crippen molar-refractivity contribution in [2.24, 2.45) is 0 Å². The first kappa shape index (κ1) is 16.3. The third kappa shape index (κ3) is 4.06. The summed E-state index contributed by atoms with van der Waals surface area (Å²) in [4.78, 5) is 14.3. The van der Waals surface area contributed by atoms with Crippen molar-refractivity contribution in [2.75, 3.05) is 33.4 Å². The van der Waals surface area contributed by atoms with Crippen molar-refractivity contribution in [1.82, 2.24) is 4.90 Å². The summed E-state index contributed by atoms with van der Waals surface area (Å²) in [6.07, 6.45) is -0.141. The SMILES string of the molecule is COc1cccc(OC[C@@H]2CN(C(=O)c3ccccc3)CCO2)c1. The molecule has 0 aliphatic carbocycles. The van der Waals surface area contributed by atoms with E-state index in [9.17, 15) is 4.79 Å². The number of carbonyl (C=O) groups is 1. The van der Waals surface area contributed by atoms with Crippen LogP contribution in [-0.2, 0) is 4.74 Å². The Labute approximate surface area is 141 Å². The fourth-order valence-corrected chi connectivity index (χ4v) is 2.65. The Kier molecular flexibility index (Phi) is 5.33. The molecule has 0 aromatic heterocycles. The Balaban J connectivity index is 1.56. The molecule has 5 heteroatoms. The summed E-state index contributed by atoms with van der Waals surface area (Å²) >= 11 is 0. The van der Waals surface area contributed by atoms with Crippen LogP contribution in [0, 0.1) is 0 Å². The van der Waals surface area contributed by atoms with Crippen molar-refractivity contribution in [3.05, 3.63) is 60.2 Å². The van der Waals surface area contributed by atoms with Gasteiger partial charge < -0.3 is 19.1 Å². The van der Waals surface area contributed by atoms with Crippen molar-refractivity contribution in [1.29, 1.82) is 0 Å². The van der Waals surface area contributed by atoms with Gasteiger partial charge in [-0.2, -0.15) is 0 Å². The van der Waals surface area contributed by atoms with Gasteiger partial charge in [0, 0.05) is 18.2 Å². The van der Waals surface area contributed by atoms with E-state index in [1.54, 1.807) is 7.11 Å². The number of hydrogen-bond acceptors (Lipinski definition) is 4. The summed E-state index contributed by atoms with van der Waals surface area (Å²) in [7, 11) is 1.62. The monoisotopic (exact) mass is 327 g/mol. The summed E-state index contributed by atoms with van der Waals surface area (Å²) in [6.45, 7) is 2.04. The molecule has 0 unspecified atom stereocenters. The second kappa shape index (κ2) is 7.84. The van der Waals surface area contributed by atoms with Gasteiger partial charge in [0.05, 0.1) is 20.3 Å². The number of rotatable bonds is 5. The predicted molar refractivity (Wildman–Crippen MR) is 90.6 cm³/mol. The van der Waals surface area contributed by atoms with Gasteiger partial charge in [-0.1, -0.05) is 24.3 Å². The normalized spacial score (nSPS) is 17.4. The summed E-state index contributed by atoms with van der Waals surface area (Å²) in [5.41, 5.74) is 0.701. The van der Waals surface area contributed by atoms with E-state index >= 15 is 0 Å². The fourth-order valence-electron chi connectivity index (χ4n) is 2.65. The van der Waals surface area contributed by atoms with Crippen LogP contribution in [0.5, 0.6) is 11.5 Å². The Morgan fingerprint density at radius 3 is 2.75 bits per heavy atom. The number of benzene rings is 2. The number of amides is 1. The molecule has 3 rings (SSSR count). The van der Waals surface area contributed by atoms with Crippen molar-refractivity contribution in [3.63, 3.8) is 0 Å². The quantitative estimate of drug-likeness (QED) is 0.847. The predicted octanol–water partition coefficient (Wildman–Crippen LogP) is 2.62. The first-order chi connectivity index (χ1) is 11.8. The topological polar surface area (TPSA) is 48.0 Å². The van der Waals surface area contributed by atoms with Gasteiger partial charge in [0.1, 0.15) is 24.2 Å². The lowest BCUT2D eigenvalue weighted by molar-refractivity contribution is -0.0401. The molecule has 0 bridgehead atoms. The number of carbonyl (C=O) groups excluding carboxylic acids is 1. The first-order valence-electron chi connectivity index (χ1n) is 7.99. The van der Waals surface area contributed by atoms with Gasteiger partial charge in [0.25, 0.3) is 5.91 Å². The van der Waals surface area contributed by atoms with Crippen LogP contribution >= 0.6 is 0 Å². The Morgan fingerprint density at radius 1 is 1.17 bits per heavy atom. The van der Waals surface area contributed by atoms with Crippen LogP contribution in [0.15, 0.2) is 54.6 Å². The minimum Gasteiger partial charge on any atom is -0.497 e. The lowest BCUT2D eigenvalue weighted by Gasteiger charge is -2.33. The molecule has 5 nitrogen and oxygen atoms in total. The van der Waals surface area contributed by atoms with Crippen molar-refractivity contribution < 1.29 is 19.0 Å². The fraction of sp³-hybridized carbons (Fsp3) is 0.316. The molecule has 2 aromatic carbocycles. The van der Waals surface area contributed by atoms with E-state index in [4.69, 9.17) is 14.2 Å². The van der Waals surface area contributed by atoms with E-state index in [1.807, 2.05) is 59.5 Å². The Hall–Kier alpha value is -2.53. The molecule has 0 N–H and O–H groups in total. The molecular formula is C19H21NO4. The zero-order valence-corrected chi connectivity index (χ0v) is 13.7. The van der Waals surface area contributed by atoms with Gasteiger partial charge in [-0.25, -0.2) is 0 Å². The second-order valence-corrected chi connectivity index (χ2v) is 5.60. The zero-order chi connectivity index (χ0) is 16.8. The van der Waals surface area contributed by atoms with Gasteiger partial charge in [0.15, 0.2) is 0 Å². The van der Waals surface area contributed by atoms with E-state index in [-0.39, 0.29) is 12.0 Å². The largest absolute Gasteiger partial charge is 0.497 e. The molecule has 1 fully saturated rings. The maximum Gasteiger partial charge on any atom is 0.254 e. The molecule has 1 heterocycles. The standard InChI is InChI=1S/C19H21NO4/c1-22-16-8-5-9-17(12-16)24-14-18-13-20(10-11-23-18)19(21)15-6-3-2-4-7-15/h2-9,12,18H,10-11,13-14H2,1H3/t18-/m0/s1. The smallest absolute Gasteiger partial charge is 0.254 e. The lowest BCUT2D eigenvalue weighted by atomic mass is 10.2. The highest BCUT2D eigenvalue weighted by Gasteiger charge is 2.25. The molecule has 2 aromatic rings. The maximum absolute atomic E-state index is 12.5. The van der Waals surface area contributed by atoms with Crippen molar-refractivity contribution in [2.45, 2.75) is 6.10 Å². The Morgan fingerprint density at radius 2 is 1.96 bits per heavy atom. The number of morpholine rings is 1. The summed E-state index contributed by atoms with van der Waals surface area (Å²) in [5.74, 6) is 1.51. The zero-order valence-electron chi connectivity index (χ0n) is 13.7. The third-order valence-corrected chi connectivity index (χ3v) is 3.92. The average molecular weight is 327 g/mol. The van der Waals surface area contributed by atoms with Crippen LogP contribution in [-0.4, -0.2) is 50.3 Å². The van der Waals surface area contributed by atoms with E-state index in [0.29, 0.717) is 31.9 Å². The molecule has 1 aliphatic heterocycles. The van der Waals surface area contributed by atoms with Gasteiger partial charge >= 0.3 is 0 Å². The van der Waals surface area contributed by atoms with Gasteiger partial charge in [-0.3, -0.25) is 4.79 Å². The molecule has 0 radical (unpaired) electrons. The van der Waals surface area contributed by atoms with Crippen LogP contribution in [0.25, 0.3) is 0 Å². The van der Waals surface area contributed by atoms with Crippen molar-refractivity contribution in [3.8, 4) is 11.5 Å².